The van der Waals surface area contributed by atoms with Gasteiger partial charge in [0.2, 0.25) is 0 Å². The van der Waals surface area contributed by atoms with Crippen LogP contribution in [0.1, 0.15) is 51.3 Å². The van der Waals surface area contributed by atoms with Gasteiger partial charge in [-0.15, -0.1) is 11.3 Å². The molecule has 11 aromatic rings. The topological polar surface area (TPSA) is 21.3 Å². The van der Waals surface area contributed by atoms with Crippen LogP contribution >= 0.6 is 11.3 Å². The van der Waals surface area contributed by atoms with Crippen LogP contribution in [0.5, 0.6) is 0 Å². The SMILES string of the molecule is CC(C)(C)c1ccc(N2B3c4cc5c(cc4-n4c6ccc7c8ccccc8oc7c6c6ccc(c3c64)-c3cc4c(cc32)C(C)(C)c2ccccc2-4)sc2ccccc25)cc1. The summed E-state index contributed by atoms with van der Waals surface area (Å²) < 4.78 is 12.1. The van der Waals surface area contributed by atoms with Crippen LogP contribution in [0.2, 0.25) is 0 Å². The van der Waals surface area contributed by atoms with E-state index in [0.29, 0.717) is 0 Å². The van der Waals surface area contributed by atoms with Crippen molar-refractivity contribution in [2.45, 2.75) is 45.4 Å². The molecule has 5 heterocycles. The molecule has 60 heavy (non-hydrogen) atoms. The number of furan rings is 1. The number of rotatable bonds is 1. The van der Waals surface area contributed by atoms with E-state index in [4.69, 9.17) is 4.42 Å². The van der Waals surface area contributed by atoms with Gasteiger partial charge >= 0.3 is 6.85 Å². The summed E-state index contributed by atoms with van der Waals surface area (Å²) >= 11 is 1.90. The smallest absolute Gasteiger partial charge is 0.333 e. The van der Waals surface area contributed by atoms with Gasteiger partial charge in [-0.05, 0) is 104 Å². The van der Waals surface area contributed by atoms with Crippen LogP contribution in [0.25, 0.3) is 91.9 Å². The minimum Gasteiger partial charge on any atom is -0.455 e. The number of thiophene rings is 1. The average Bonchev–Trinajstić information content (AvgIpc) is 3.98. The summed E-state index contributed by atoms with van der Waals surface area (Å²) in [5.74, 6) is 0. The molecule has 3 aromatic heterocycles. The van der Waals surface area contributed by atoms with E-state index in [-0.39, 0.29) is 17.7 Å². The maximum atomic E-state index is 6.85. The molecule has 0 radical (unpaired) electrons. The molecule has 2 aliphatic heterocycles. The lowest BCUT2D eigenvalue weighted by Gasteiger charge is -2.42. The van der Waals surface area contributed by atoms with Gasteiger partial charge in [0.15, 0.2) is 0 Å². The zero-order valence-electron chi connectivity index (χ0n) is 34.1. The van der Waals surface area contributed by atoms with Crippen LogP contribution in [0.3, 0.4) is 0 Å². The fraction of sp³-hybridized carbons (Fsp3) is 0.127. The number of aromatic nitrogens is 1. The van der Waals surface area contributed by atoms with Crippen LogP contribution in [-0.4, -0.2) is 11.4 Å². The van der Waals surface area contributed by atoms with Crippen molar-refractivity contribution in [1.82, 2.24) is 4.57 Å². The summed E-state index contributed by atoms with van der Waals surface area (Å²) in [6.45, 7) is 11.6. The lowest BCUT2D eigenvalue weighted by molar-refractivity contribution is 0.590. The van der Waals surface area contributed by atoms with Crippen molar-refractivity contribution in [3.8, 4) is 27.9 Å². The number of anilines is 2. The molecule has 3 aliphatic rings. The lowest BCUT2D eigenvalue weighted by Crippen LogP contribution is -2.60. The number of hydrogen-bond donors (Lipinski definition) is 0. The van der Waals surface area contributed by atoms with Crippen molar-refractivity contribution in [3.05, 3.63) is 162 Å². The molecule has 0 amide bonds. The minimum atomic E-state index is -0.135. The third-order valence-corrected chi connectivity index (χ3v) is 15.5. The Hall–Kier alpha value is -6.56. The monoisotopic (exact) mass is 786 g/mol. The highest BCUT2D eigenvalue weighted by Crippen LogP contribution is 2.55. The van der Waals surface area contributed by atoms with Gasteiger partial charge in [-0.2, -0.15) is 0 Å². The summed E-state index contributed by atoms with van der Waals surface area (Å²) in [6, 6.07) is 55.5. The summed E-state index contributed by atoms with van der Waals surface area (Å²) in [5.41, 5.74) is 20.0. The number of hydrogen-bond acceptors (Lipinski definition) is 3. The molecule has 0 unspecified atom stereocenters. The molecule has 0 N–H and O–H groups in total. The largest absolute Gasteiger partial charge is 0.455 e. The first-order chi connectivity index (χ1) is 29.1. The van der Waals surface area contributed by atoms with Gasteiger partial charge in [-0.3, -0.25) is 0 Å². The molecule has 0 saturated heterocycles. The first-order valence-corrected chi connectivity index (χ1v) is 22.0. The maximum absolute atomic E-state index is 6.85. The fourth-order valence-electron chi connectivity index (χ4n) is 11.5. The molecule has 0 fully saturated rings. The summed E-state index contributed by atoms with van der Waals surface area (Å²) in [7, 11) is 0. The Bertz CT molecular complexity index is 3740. The van der Waals surface area contributed by atoms with Crippen molar-refractivity contribution in [3.63, 3.8) is 0 Å². The quantitative estimate of drug-likeness (QED) is 0.155. The molecule has 0 bridgehead atoms. The Kier molecular flexibility index (Phi) is 6.09. The van der Waals surface area contributed by atoms with Gasteiger partial charge in [0.1, 0.15) is 11.2 Å². The Morgan fingerprint density at radius 2 is 1.35 bits per heavy atom. The predicted octanol–water partition coefficient (Wildman–Crippen LogP) is 13.9. The highest BCUT2D eigenvalue weighted by atomic mass is 32.1. The Morgan fingerprint density at radius 3 is 2.20 bits per heavy atom. The molecule has 0 saturated carbocycles. The zero-order valence-corrected chi connectivity index (χ0v) is 35.0. The van der Waals surface area contributed by atoms with E-state index < -0.39 is 0 Å². The minimum absolute atomic E-state index is 0.0414. The highest BCUT2D eigenvalue weighted by Gasteiger charge is 2.46. The average molecular weight is 787 g/mol. The third kappa shape index (κ3) is 4.02. The van der Waals surface area contributed by atoms with Crippen molar-refractivity contribution < 1.29 is 4.42 Å². The normalized spacial score (nSPS) is 14.8. The molecule has 5 heteroatoms. The van der Waals surface area contributed by atoms with Crippen molar-refractivity contribution in [1.29, 1.82) is 0 Å². The predicted molar refractivity (Wildman–Crippen MR) is 256 cm³/mol. The first kappa shape index (κ1) is 33.3. The van der Waals surface area contributed by atoms with Gasteiger partial charge in [0.25, 0.3) is 0 Å². The van der Waals surface area contributed by atoms with E-state index >= 15 is 0 Å². The van der Waals surface area contributed by atoms with Gasteiger partial charge in [-0.25, -0.2) is 0 Å². The van der Waals surface area contributed by atoms with Gasteiger partial charge < -0.3 is 13.8 Å². The second-order valence-electron chi connectivity index (χ2n) is 18.9. The van der Waals surface area contributed by atoms with E-state index in [1.54, 1.807) is 0 Å². The van der Waals surface area contributed by atoms with Crippen LogP contribution in [0, 0.1) is 0 Å². The number of benzene rings is 8. The van der Waals surface area contributed by atoms with Crippen LogP contribution in [0.4, 0.5) is 11.4 Å². The highest BCUT2D eigenvalue weighted by molar-refractivity contribution is 7.25. The van der Waals surface area contributed by atoms with Crippen molar-refractivity contribution in [2.24, 2.45) is 0 Å². The maximum Gasteiger partial charge on any atom is 0.333 e. The number of fused-ring (bicyclic) bond motifs is 18. The summed E-state index contributed by atoms with van der Waals surface area (Å²) in [4.78, 5) is 2.69. The van der Waals surface area contributed by atoms with E-state index in [9.17, 15) is 0 Å². The van der Waals surface area contributed by atoms with E-state index in [1.807, 2.05) is 11.3 Å². The summed E-state index contributed by atoms with van der Waals surface area (Å²) in [6.07, 6.45) is 0. The molecule has 0 spiro atoms. The zero-order chi connectivity index (χ0) is 40.0. The van der Waals surface area contributed by atoms with Gasteiger partial charge in [0.05, 0.1) is 16.4 Å². The number of para-hydroxylation sites is 1. The molecular weight excluding hydrogens is 747 g/mol. The number of nitrogens with zero attached hydrogens (tertiary/aromatic N) is 2. The Labute approximate surface area is 352 Å². The third-order valence-electron chi connectivity index (χ3n) is 14.3. The van der Waals surface area contributed by atoms with Crippen LogP contribution in [0.15, 0.2) is 150 Å². The first-order valence-electron chi connectivity index (χ1n) is 21.2. The standard InChI is InChI=1S/C55H39BN2OS/c1-54(2,3)30-18-20-31(21-19-30)58-45-28-42-38(32-12-6-9-15-41(32)55(42,4)5)26-39(45)35-22-23-37-50-44(25-24-36-33-13-7-10-16-47(33)59-53(36)50)57-46-29-49-40(34-14-8-11-17-48(34)60-49)27-43(46)56(58)51(35)52(37)57/h6-29H,1-5H3. The van der Waals surface area contributed by atoms with Crippen LogP contribution in [-0.2, 0) is 10.8 Å². The molecule has 8 aromatic carbocycles. The van der Waals surface area contributed by atoms with Crippen molar-refractivity contribution in [2.75, 3.05) is 4.81 Å². The Morgan fingerprint density at radius 1 is 0.583 bits per heavy atom. The second-order valence-corrected chi connectivity index (χ2v) is 19.9. The van der Waals surface area contributed by atoms with Crippen molar-refractivity contribution >= 4 is 104 Å². The molecule has 3 nitrogen and oxygen atoms in total. The molecule has 1 aliphatic carbocycles. The fourth-order valence-corrected chi connectivity index (χ4v) is 12.6. The van der Waals surface area contributed by atoms with Gasteiger partial charge in [0, 0.05) is 64.4 Å². The molecule has 0 atom stereocenters. The second kappa shape index (κ2) is 11.0. The van der Waals surface area contributed by atoms with Gasteiger partial charge in [-0.1, -0.05) is 126 Å². The molecule has 284 valence electrons. The Balaban J connectivity index is 1.17. The lowest BCUT2D eigenvalue weighted by atomic mass is 9.44. The summed E-state index contributed by atoms with van der Waals surface area (Å²) in [5, 5.41) is 7.38. The van der Waals surface area contributed by atoms with E-state index in [2.05, 4.69) is 190 Å². The molecule has 14 rings (SSSR count). The molecular formula is C55H39BN2OS. The van der Waals surface area contributed by atoms with Crippen LogP contribution < -0.4 is 15.7 Å². The van der Waals surface area contributed by atoms with E-state index in [1.165, 1.54) is 109 Å². The van der Waals surface area contributed by atoms with E-state index in [0.717, 1.165) is 21.9 Å².